The molecule has 0 saturated heterocycles. The zero-order chi connectivity index (χ0) is 5.98. The van der Waals surface area contributed by atoms with Gasteiger partial charge in [-0.3, -0.25) is 0 Å². The number of hydrogen-bond donors (Lipinski definition) is 1. The van der Waals surface area contributed by atoms with Crippen molar-refractivity contribution in [2.45, 2.75) is 26.7 Å². The minimum absolute atomic E-state index is 1.17. The van der Waals surface area contributed by atoms with Crippen molar-refractivity contribution in [1.82, 2.24) is 5.32 Å². The van der Waals surface area contributed by atoms with Gasteiger partial charge in [-0.05, 0) is 26.7 Å². The van der Waals surface area contributed by atoms with E-state index in [4.69, 9.17) is 0 Å². The van der Waals surface area contributed by atoms with Crippen LogP contribution in [-0.4, -0.2) is 6.54 Å². The van der Waals surface area contributed by atoms with Crippen LogP contribution in [0.15, 0.2) is 11.3 Å². The smallest absolute Gasteiger partial charge is 0.0146 e. The van der Waals surface area contributed by atoms with Crippen molar-refractivity contribution in [2.24, 2.45) is 0 Å². The van der Waals surface area contributed by atoms with Crippen molar-refractivity contribution in [3.8, 4) is 0 Å². The normalized spacial score (nSPS) is 20.8. The molecule has 0 aromatic rings. The molecule has 0 fully saturated rings. The Bertz CT molecular complexity index is 99.6. The van der Waals surface area contributed by atoms with Crippen molar-refractivity contribution < 1.29 is 0 Å². The molecule has 1 nitrogen and oxygen atoms in total. The minimum Gasteiger partial charge on any atom is -0.389 e. The maximum atomic E-state index is 3.31. The SMILES string of the molecule is CC1=C(C)NCCC1. The molecule has 1 heterocycles. The van der Waals surface area contributed by atoms with Gasteiger partial charge in [0.1, 0.15) is 0 Å². The minimum atomic E-state index is 1.17. The molecule has 0 unspecified atom stereocenters. The zero-order valence-corrected chi connectivity index (χ0v) is 5.62. The monoisotopic (exact) mass is 111 g/mol. The van der Waals surface area contributed by atoms with Gasteiger partial charge in [0.15, 0.2) is 0 Å². The Kier molecular flexibility index (Phi) is 1.56. The molecule has 0 saturated carbocycles. The van der Waals surface area contributed by atoms with Crippen LogP contribution in [0.25, 0.3) is 0 Å². The Balaban J connectivity index is 2.60. The molecule has 0 aromatic carbocycles. The first-order valence-corrected chi connectivity index (χ1v) is 3.21. The van der Waals surface area contributed by atoms with E-state index in [0.29, 0.717) is 0 Å². The van der Waals surface area contributed by atoms with E-state index >= 15 is 0 Å². The van der Waals surface area contributed by atoms with Crippen LogP contribution in [0.3, 0.4) is 0 Å². The fraction of sp³-hybridized carbons (Fsp3) is 0.714. The molecule has 46 valence electrons. The average molecular weight is 111 g/mol. The van der Waals surface area contributed by atoms with E-state index in [9.17, 15) is 0 Å². The number of nitrogens with one attached hydrogen (secondary N) is 1. The fourth-order valence-electron chi connectivity index (χ4n) is 0.968. The second-order valence-corrected chi connectivity index (χ2v) is 2.44. The lowest BCUT2D eigenvalue weighted by Gasteiger charge is -2.15. The van der Waals surface area contributed by atoms with Crippen LogP contribution >= 0.6 is 0 Å². The molecule has 0 amide bonds. The molecule has 1 aliphatic rings. The first-order valence-electron chi connectivity index (χ1n) is 3.21. The first kappa shape index (κ1) is 5.67. The topological polar surface area (TPSA) is 12.0 Å². The van der Waals surface area contributed by atoms with Crippen LogP contribution < -0.4 is 5.32 Å². The molecule has 0 spiro atoms. The first-order chi connectivity index (χ1) is 3.80. The third-order valence-electron chi connectivity index (χ3n) is 1.76. The molecule has 8 heavy (non-hydrogen) atoms. The summed E-state index contributed by atoms with van der Waals surface area (Å²) in [6, 6.07) is 0. The largest absolute Gasteiger partial charge is 0.389 e. The van der Waals surface area contributed by atoms with Crippen molar-refractivity contribution in [3.63, 3.8) is 0 Å². The average Bonchev–Trinajstić information content (AvgIpc) is 1.77. The third-order valence-corrected chi connectivity index (χ3v) is 1.76. The Hall–Kier alpha value is -0.460. The van der Waals surface area contributed by atoms with Crippen molar-refractivity contribution >= 4 is 0 Å². The molecular formula is C7H13N. The molecule has 1 rings (SSSR count). The van der Waals surface area contributed by atoms with Crippen molar-refractivity contribution in [1.29, 1.82) is 0 Å². The molecule has 0 radical (unpaired) electrons. The predicted molar refractivity (Wildman–Crippen MR) is 35.6 cm³/mol. The quantitative estimate of drug-likeness (QED) is 0.501. The van der Waals surface area contributed by atoms with Gasteiger partial charge in [0.25, 0.3) is 0 Å². The van der Waals surface area contributed by atoms with E-state index in [2.05, 4.69) is 19.2 Å². The zero-order valence-electron chi connectivity index (χ0n) is 5.62. The van der Waals surface area contributed by atoms with Gasteiger partial charge >= 0.3 is 0 Å². The lowest BCUT2D eigenvalue weighted by molar-refractivity contribution is 0.661. The van der Waals surface area contributed by atoms with E-state index in [0.717, 1.165) is 0 Å². The van der Waals surface area contributed by atoms with E-state index in [1.165, 1.54) is 30.7 Å². The highest BCUT2D eigenvalue weighted by molar-refractivity contribution is 5.10. The predicted octanol–water partition coefficient (Wildman–Crippen LogP) is 1.66. The molecule has 0 aromatic heterocycles. The molecule has 0 atom stereocenters. The van der Waals surface area contributed by atoms with Crippen LogP contribution in [0.5, 0.6) is 0 Å². The van der Waals surface area contributed by atoms with Gasteiger partial charge in [0.05, 0.1) is 0 Å². The van der Waals surface area contributed by atoms with E-state index in [1.54, 1.807) is 0 Å². The highest BCUT2D eigenvalue weighted by Crippen LogP contribution is 2.11. The van der Waals surface area contributed by atoms with Gasteiger partial charge in [-0.1, -0.05) is 5.57 Å². The van der Waals surface area contributed by atoms with Crippen LogP contribution in [0.4, 0.5) is 0 Å². The molecule has 1 aliphatic heterocycles. The maximum absolute atomic E-state index is 3.31. The number of allylic oxidation sites excluding steroid dienone is 2. The lowest BCUT2D eigenvalue weighted by Crippen LogP contribution is -2.18. The second kappa shape index (κ2) is 2.21. The summed E-state index contributed by atoms with van der Waals surface area (Å²) in [7, 11) is 0. The molecule has 0 bridgehead atoms. The summed E-state index contributed by atoms with van der Waals surface area (Å²) in [5.74, 6) is 0. The van der Waals surface area contributed by atoms with Crippen molar-refractivity contribution in [3.05, 3.63) is 11.3 Å². The summed E-state index contributed by atoms with van der Waals surface area (Å²) in [5.41, 5.74) is 2.91. The Morgan fingerprint density at radius 2 is 2.12 bits per heavy atom. The highest BCUT2D eigenvalue weighted by Gasteiger charge is 2.01. The van der Waals surface area contributed by atoms with Gasteiger partial charge in [0.2, 0.25) is 0 Å². The molecule has 1 heteroatoms. The molecule has 0 aliphatic carbocycles. The molecular weight excluding hydrogens is 98.1 g/mol. The van der Waals surface area contributed by atoms with Crippen LogP contribution in [0.1, 0.15) is 26.7 Å². The van der Waals surface area contributed by atoms with Crippen LogP contribution in [0, 0.1) is 0 Å². The second-order valence-electron chi connectivity index (χ2n) is 2.44. The van der Waals surface area contributed by atoms with E-state index < -0.39 is 0 Å². The van der Waals surface area contributed by atoms with E-state index in [1.807, 2.05) is 0 Å². The van der Waals surface area contributed by atoms with E-state index in [-0.39, 0.29) is 0 Å². The van der Waals surface area contributed by atoms with Gasteiger partial charge in [0, 0.05) is 12.2 Å². The van der Waals surface area contributed by atoms with Gasteiger partial charge < -0.3 is 5.32 Å². The summed E-state index contributed by atoms with van der Waals surface area (Å²) in [5, 5.41) is 3.31. The van der Waals surface area contributed by atoms with Gasteiger partial charge in [-0.25, -0.2) is 0 Å². The Morgan fingerprint density at radius 3 is 2.50 bits per heavy atom. The van der Waals surface area contributed by atoms with Crippen molar-refractivity contribution in [2.75, 3.05) is 6.54 Å². The maximum Gasteiger partial charge on any atom is 0.0146 e. The number of rotatable bonds is 0. The number of hydrogen-bond acceptors (Lipinski definition) is 1. The van der Waals surface area contributed by atoms with Gasteiger partial charge in [-0.15, -0.1) is 0 Å². The summed E-state index contributed by atoms with van der Waals surface area (Å²) in [4.78, 5) is 0. The summed E-state index contributed by atoms with van der Waals surface area (Å²) < 4.78 is 0. The Labute approximate surface area is 50.8 Å². The van der Waals surface area contributed by atoms with Crippen LogP contribution in [0.2, 0.25) is 0 Å². The van der Waals surface area contributed by atoms with Crippen LogP contribution in [-0.2, 0) is 0 Å². The summed E-state index contributed by atoms with van der Waals surface area (Å²) in [6.07, 6.45) is 2.60. The lowest BCUT2D eigenvalue weighted by atomic mass is 10.1. The highest BCUT2D eigenvalue weighted by atomic mass is 14.9. The fourth-order valence-corrected chi connectivity index (χ4v) is 0.968. The Morgan fingerprint density at radius 1 is 1.38 bits per heavy atom. The standard InChI is InChI=1S/C7H13N/c1-6-4-3-5-8-7(6)2/h8H,3-5H2,1-2H3. The third kappa shape index (κ3) is 1.03. The molecule has 1 N–H and O–H groups in total. The van der Waals surface area contributed by atoms with Gasteiger partial charge in [-0.2, -0.15) is 0 Å². The summed E-state index contributed by atoms with van der Waals surface area (Å²) in [6.45, 7) is 5.51. The summed E-state index contributed by atoms with van der Waals surface area (Å²) >= 11 is 0.